The van der Waals surface area contributed by atoms with Crippen LogP contribution in [0.15, 0.2) is 175 Å². The van der Waals surface area contributed by atoms with E-state index in [0.717, 1.165) is 12.8 Å². The van der Waals surface area contributed by atoms with Crippen LogP contribution < -0.4 is 4.90 Å². The second-order valence-electron chi connectivity index (χ2n) is 14.5. The molecule has 0 fully saturated rings. The molecule has 0 amide bonds. The second kappa shape index (κ2) is 11.1. The summed E-state index contributed by atoms with van der Waals surface area (Å²) < 4.78 is 2.41. The molecule has 0 saturated carbocycles. The molecular formula is C48H38N2. The van der Waals surface area contributed by atoms with Gasteiger partial charge in [-0.25, -0.2) is 0 Å². The maximum Gasteiger partial charge on any atom is 0.0541 e. The minimum absolute atomic E-state index is 0.0843. The molecule has 7 aromatic rings. The fraction of sp³-hybridized carbons (Fsp3) is 0.125. The first-order chi connectivity index (χ1) is 24.5. The molecule has 0 bridgehead atoms. The molecule has 2 nitrogen and oxygen atoms in total. The zero-order valence-corrected chi connectivity index (χ0v) is 28.5. The lowest BCUT2D eigenvalue weighted by Gasteiger charge is -2.35. The summed E-state index contributed by atoms with van der Waals surface area (Å²) in [6, 6.07) is 49.3. The number of benzene rings is 6. The first kappa shape index (κ1) is 29.1. The number of anilines is 1. The highest BCUT2D eigenvalue weighted by atomic mass is 15.2. The van der Waals surface area contributed by atoms with Crippen LogP contribution in [0.5, 0.6) is 0 Å². The highest BCUT2D eigenvalue weighted by Crippen LogP contribution is 2.55. The van der Waals surface area contributed by atoms with Crippen molar-refractivity contribution >= 4 is 43.8 Å². The van der Waals surface area contributed by atoms with Gasteiger partial charge < -0.3 is 9.47 Å². The lowest BCUT2D eigenvalue weighted by molar-refractivity contribution is 0.583. The van der Waals surface area contributed by atoms with Crippen LogP contribution in [0.4, 0.5) is 5.69 Å². The van der Waals surface area contributed by atoms with Gasteiger partial charge in [-0.15, -0.1) is 0 Å². The molecule has 2 atom stereocenters. The van der Waals surface area contributed by atoms with Crippen molar-refractivity contribution in [3.63, 3.8) is 0 Å². The highest BCUT2D eigenvalue weighted by Gasteiger charge is 2.46. The van der Waals surface area contributed by atoms with Gasteiger partial charge in [0.1, 0.15) is 0 Å². The van der Waals surface area contributed by atoms with Crippen LogP contribution in [0.1, 0.15) is 37.8 Å². The Morgan fingerprint density at radius 2 is 1.38 bits per heavy atom. The van der Waals surface area contributed by atoms with Crippen LogP contribution in [0.3, 0.4) is 0 Å². The number of nitrogens with zero attached hydrogens (tertiary/aromatic N) is 2. The van der Waals surface area contributed by atoms with Gasteiger partial charge >= 0.3 is 0 Å². The molecule has 6 aromatic carbocycles. The Morgan fingerprint density at radius 3 is 2.26 bits per heavy atom. The number of rotatable bonds is 4. The molecule has 2 unspecified atom stereocenters. The molecule has 0 saturated heterocycles. The Bertz CT molecular complexity index is 2630. The number of hydrogen-bond acceptors (Lipinski definition) is 1. The van der Waals surface area contributed by atoms with Crippen molar-refractivity contribution < 1.29 is 0 Å². The molecule has 10 rings (SSSR count). The van der Waals surface area contributed by atoms with Gasteiger partial charge in [-0.3, -0.25) is 0 Å². The van der Waals surface area contributed by atoms with E-state index in [-0.39, 0.29) is 5.41 Å². The largest absolute Gasteiger partial charge is 0.313 e. The molecule has 2 heteroatoms. The van der Waals surface area contributed by atoms with Gasteiger partial charge in [0.15, 0.2) is 0 Å². The van der Waals surface area contributed by atoms with Crippen LogP contribution >= 0.6 is 0 Å². The molecular weight excluding hydrogens is 605 g/mol. The normalized spacial score (nSPS) is 19.8. The summed E-state index contributed by atoms with van der Waals surface area (Å²) in [5.74, 6) is 0.548. The van der Waals surface area contributed by atoms with Crippen molar-refractivity contribution in [3.05, 3.63) is 186 Å². The fourth-order valence-electron chi connectivity index (χ4n) is 8.78. The molecule has 50 heavy (non-hydrogen) atoms. The molecule has 2 heterocycles. The second-order valence-corrected chi connectivity index (χ2v) is 14.5. The van der Waals surface area contributed by atoms with Gasteiger partial charge in [0.05, 0.1) is 11.0 Å². The van der Waals surface area contributed by atoms with Gasteiger partial charge in [0, 0.05) is 39.0 Å². The molecule has 0 spiro atoms. The average Bonchev–Trinajstić information content (AvgIpc) is 3.63. The van der Waals surface area contributed by atoms with E-state index in [1.54, 1.807) is 0 Å². The molecule has 0 N–H and O–H groups in total. The lowest BCUT2D eigenvalue weighted by Crippen LogP contribution is -2.30. The summed E-state index contributed by atoms with van der Waals surface area (Å²) in [7, 11) is 0. The van der Waals surface area contributed by atoms with Crippen molar-refractivity contribution in [1.82, 2.24) is 4.57 Å². The zero-order valence-electron chi connectivity index (χ0n) is 28.5. The number of hydrogen-bond donors (Lipinski definition) is 0. The maximum absolute atomic E-state index is 2.50. The van der Waals surface area contributed by atoms with Crippen molar-refractivity contribution in [2.75, 3.05) is 4.90 Å². The number of para-hydroxylation sites is 2. The maximum atomic E-state index is 2.50. The van der Waals surface area contributed by atoms with Crippen molar-refractivity contribution in [3.8, 4) is 16.8 Å². The zero-order chi connectivity index (χ0) is 33.4. The summed E-state index contributed by atoms with van der Waals surface area (Å²) in [5.41, 5.74) is 14.1. The summed E-state index contributed by atoms with van der Waals surface area (Å²) in [5, 5.41) is 5.07. The Balaban J connectivity index is 1.01. The predicted octanol–water partition coefficient (Wildman–Crippen LogP) is 12.5. The van der Waals surface area contributed by atoms with E-state index in [1.165, 1.54) is 83.2 Å². The number of allylic oxidation sites excluding steroid dienone is 7. The van der Waals surface area contributed by atoms with E-state index < -0.39 is 0 Å². The minimum Gasteiger partial charge on any atom is -0.313 e. The number of aromatic nitrogens is 1. The minimum atomic E-state index is -0.0843. The molecule has 1 aliphatic heterocycles. The van der Waals surface area contributed by atoms with Crippen molar-refractivity contribution in [1.29, 1.82) is 0 Å². The third kappa shape index (κ3) is 4.41. The fourth-order valence-corrected chi connectivity index (χ4v) is 8.78. The standard InChI is InChI=1S/C48H38N2/c1-32-10-9-13-39(28-32)50-46-17-8-6-15-43(46)48(2)31-38(24-27-47(48)50)35-20-18-34(19-21-35)37-23-26-45-42(30-37)41-14-5-7-16-44(41)49(45)40-25-22-33-11-3-4-12-36(33)29-40/h3-9,11-30,32H,10,31H2,1-2H3. The van der Waals surface area contributed by atoms with Crippen LogP contribution in [-0.2, 0) is 5.41 Å². The summed E-state index contributed by atoms with van der Waals surface area (Å²) in [6.45, 7) is 4.74. The quantitative estimate of drug-likeness (QED) is 0.185. The van der Waals surface area contributed by atoms with E-state index in [9.17, 15) is 0 Å². The topological polar surface area (TPSA) is 8.17 Å². The van der Waals surface area contributed by atoms with E-state index in [0.29, 0.717) is 5.92 Å². The van der Waals surface area contributed by atoms with E-state index in [1.807, 2.05) is 0 Å². The summed E-state index contributed by atoms with van der Waals surface area (Å²) in [4.78, 5) is 2.50. The first-order valence-electron chi connectivity index (χ1n) is 17.9. The van der Waals surface area contributed by atoms with Gasteiger partial charge in [-0.2, -0.15) is 0 Å². The molecule has 2 aliphatic carbocycles. The number of fused-ring (bicyclic) bond motifs is 7. The molecule has 3 aliphatic rings. The van der Waals surface area contributed by atoms with Gasteiger partial charge in [-0.1, -0.05) is 122 Å². The Kier molecular flexibility index (Phi) is 6.45. The SMILES string of the molecule is CC1C=C(N2C3=CC=C(c4ccc(-c5ccc6c(c5)c5ccccc5n6-c5ccc6ccccc6c5)cc4)CC3(C)c3ccccc32)C=CC1. The Morgan fingerprint density at radius 1 is 0.640 bits per heavy atom. The Labute approximate surface area is 293 Å². The Hall–Kier alpha value is -5.86. The third-order valence-corrected chi connectivity index (χ3v) is 11.3. The van der Waals surface area contributed by atoms with Crippen LogP contribution in [0, 0.1) is 5.92 Å². The monoisotopic (exact) mass is 642 g/mol. The summed E-state index contributed by atoms with van der Waals surface area (Å²) in [6.07, 6.45) is 13.9. The van der Waals surface area contributed by atoms with Crippen LogP contribution in [-0.4, -0.2) is 4.57 Å². The van der Waals surface area contributed by atoms with E-state index in [2.05, 4.69) is 187 Å². The van der Waals surface area contributed by atoms with Crippen LogP contribution in [0.25, 0.3) is 55.0 Å². The van der Waals surface area contributed by atoms with E-state index >= 15 is 0 Å². The van der Waals surface area contributed by atoms with Gasteiger partial charge in [0.25, 0.3) is 0 Å². The van der Waals surface area contributed by atoms with Gasteiger partial charge in [-0.05, 0) is 113 Å². The first-order valence-corrected chi connectivity index (χ1v) is 17.9. The van der Waals surface area contributed by atoms with Crippen LogP contribution in [0.2, 0.25) is 0 Å². The molecule has 1 aromatic heterocycles. The van der Waals surface area contributed by atoms with Crippen molar-refractivity contribution in [2.45, 2.75) is 32.1 Å². The van der Waals surface area contributed by atoms with E-state index in [4.69, 9.17) is 0 Å². The average molecular weight is 643 g/mol. The lowest BCUT2D eigenvalue weighted by atomic mass is 9.72. The smallest absolute Gasteiger partial charge is 0.0541 e. The summed E-state index contributed by atoms with van der Waals surface area (Å²) >= 11 is 0. The molecule has 0 radical (unpaired) electrons. The van der Waals surface area contributed by atoms with Gasteiger partial charge in [0.2, 0.25) is 0 Å². The molecule has 240 valence electrons. The van der Waals surface area contributed by atoms with Crippen molar-refractivity contribution in [2.24, 2.45) is 5.92 Å². The highest BCUT2D eigenvalue weighted by molar-refractivity contribution is 6.10. The predicted molar refractivity (Wildman–Crippen MR) is 212 cm³/mol. The third-order valence-electron chi connectivity index (χ3n) is 11.3.